The van der Waals surface area contributed by atoms with Gasteiger partial charge in [-0.15, -0.1) is 0 Å². The van der Waals surface area contributed by atoms with Crippen LogP contribution >= 0.6 is 0 Å². The van der Waals surface area contributed by atoms with Crippen molar-refractivity contribution in [1.82, 2.24) is 4.90 Å². The number of nitrogens with zero attached hydrogens (tertiary/aromatic N) is 1. The number of hydrogen-bond acceptors (Lipinski definition) is 4. The topological polar surface area (TPSA) is 53.4 Å². The number of allylic oxidation sites excluding steroid dienone is 3. The fourth-order valence-electron chi connectivity index (χ4n) is 2.02. The van der Waals surface area contributed by atoms with E-state index in [0.717, 1.165) is 25.1 Å². The van der Waals surface area contributed by atoms with Gasteiger partial charge in [0.15, 0.2) is 5.78 Å². The Labute approximate surface area is 115 Å². The molecule has 0 atom stereocenters. The van der Waals surface area contributed by atoms with Crippen molar-refractivity contribution in [3.05, 3.63) is 24.3 Å². The quantitative estimate of drug-likeness (QED) is 0.540. The Morgan fingerprint density at radius 1 is 1.37 bits per heavy atom. The van der Waals surface area contributed by atoms with Crippen LogP contribution in [0.1, 0.15) is 26.2 Å². The van der Waals surface area contributed by atoms with E-state index in [1.807, 2.05) is 19.1 Å². The van der Waals surface area contributed by atoms with E-state index in [4.69, 9.17) is 10.1 Å². The van der Waals surface area contributed by atoms with E-state index < -0.39 is 0 Å². The van der Waals surface area contributed by atoms with E-state index >= 15 is 0 Å². The van der Waals surface area contributed by atoms with Crippen molar-refractivity contribution in [3.63, 3.8) is 0 Å². The van der Waals surface area contributed by atoms with Crippen LogP contribution in [0.4, 0.5) is 0 Å². The summed E-state index contributed by atoms with van der Waals surface area (Å²) in [7, 11) is 0. The third-order valence-electron chi connectivity index (χ3n) is 3.06. The minimum absolute atomic E-state index is 0.128. The molecule has 0 aromatic carbocycles. The summed E-state index contributed by atoms with van der Waals surface area (Å²) in [6, 6.07) is 0. The van der Waals surface area contributed by atoms with Gasteiger partial charge in [0, 0.05) is 25.2 Å². The van der Waals surface area contributed by atoms with Gasteiger partial charge in [-0.2, -0.15) is 0 Å². The lowest BCUT2D eigenvalue weighted by Gasteiger charge is -2.25. The average Bonchev–Trinajstić information content (AvgIpc) is 2.38. The second kappa shape index (κ2) is 8.77. The minimum atomic E-state index is 0.128. The number of nitrogens with one attached hydrogen (secondary N) is 1. The molecular weight excluding hydrogens is 240 g/mol. The van der Waals surface area contributed by atoms with Crippen LogP contribution in [0.5, 0.6) is 0 Å². The molecule has 0 spiro atoms. The van der Waals surface area contributed by atoms with Crippen molar-refractivity contribution < 1.29 is 9.53 Å². The highest BCUT2D eigenvalue weighted by atomic mass is 16.5. The second-order valence-corrected chi connectivity index (χ2v) is 4.87. The van der Waals surface area contributed by atoms with Crippen LogP contribution < -0.4 is 0 Å². The van der Waals surface area contributed by atoms with Crippen LogP contribution in [0.15, 0.2) is 24.3 Å². The molecule has 1 aliphatic rings. The molecule has 4 nitrogen and oxygen atoms in total. The number of Topliss-reactive ketones (excluding diaryl/α,β-unsaturated/α-hetero) is 1. The molecule has 1 saturated heterocycles. The Morgan fingerprint density at radius 2 is 2.05 bits per heavy atom. The van der Waals surface area contributed by atoms with E-state index in [-0.39, 0.29) is 12.2 Å². The van der Waals surface area contributed by atoms with Gasteiger partial charge in [-0.3, -0.25) is 9.69 Å². The maximum atomic E-state index is 11.8. The lowest BCUT2D eigenvalue weighted by molar-refractivity contribution is -0.120. The van der Waals surface area contributed by atoms with E-state index in [1.165, 1.54) is 0 Å². The number of carbonyl (C=O) groups is 1. The first-order valence-electron chi connectivity index (χ1n) is 6.80. The molecule has 0 bridgehead atoms. The Morgan fingerprint density at radius 3 is 2.68 bits per heavy atom. The third kappa shape index (κ3) is 7.03. The Kier molecular flexibility index (Phi) is 7.30. The van der Waals surface area contributed by atoms with Crippen molar-refractivity contribution in [2.45, 2.75) is 26.2 Å². The zero-order chi connectivity index (χ0) is 14.1. The normalized spacial score (nSPS) is 16.7. The maximum absolute atomic E-state index is 11.8. The summed E-state index contributed by atoms with van der Waals surface area (Å²) < 4.78 is 5.24. The van der Waals surface area contributed by atoms with E-state index in [9.17, 15) is 4.79 Å². The zero-order valence-corrected chi connectivity index (χ0v) is 11.8. The lowest BCUT2D eigenvalue weighted by atomic mass is 10.0. The molecule has 0 radical (unpaired) electrons. The molecular formula is C15H24N2O2. The molecule has 1 aliphatic heterocycles. The van der Waals surface area contributed by atoms with Gasteiger partial charge in [-0.25, -0.2) is 0 Å². The summed E-state index contributed by atoms with van der Waals surface area (Å²) in [6.07, 6.45) is 5.53. The summed E-state index contributed by atoms with van der Waals surface area (Å²) >= 11 is 0. The molecule has 1 fully saturated rings. The zero-order valence-electron chi connectivity index (χ0n) is 11.8. The third-order valence-corrected chi connectivity index (χ3v) is 3.06. The molecule has 0 aromatic rings. The highest BCUT2D eigenvalue weighted by molar-refractivity contribution is 6.01. The first-order chi connectivity index (χ1) is 9.11. The number of rotatable bonds is 8. The minimum Gasteiger partial charge on any atom is -0.379 e. The molecule has 0 amide bonds. The fourth-order valence-corrected chi connectivity index (χ4v) is 2.02. The largest absolute Gasteiger partial charge is 0.379 e. The second-order valence-electron chi connectivity index (χ2n) is 4.87. The van der Waals surface area contributed by atoms with Gasteiger partial charge >= 0.3 is 0 Å². The van der Waals surface area contributed by atoms with Gasteiger partial charge in [0.25, 0.3) is 0 Å². The Balaban J connectivity index is 2.20. The van der Waals surface area contributed by atoms with Crippen LogP contribution in [0, 0.1) is 5.41 Å². The van der Waals surface area contributed by atoms with Crippen molar-refractivity contribution in [3.8, 4) is 0 Å². The molecule has 106 valence electrons. The van der Waals surface area contributed by atoms with Crippen molar-refractivity contribution >= 4 is 11.5 Å². The molecule has 1 heterocycles. The summed E-state index contributed by atoms with van der Waals surface area (Å²) in [4.78, 5) is 13.9. The van der Waals surface area contributed by atoms with Gasteiger partial charge in [0.05, 0.1) is 19.8 Å². The number of ketones is 1. The monoisotopic (exact) mass is 264 g/mol. The number of hydrogen-bond donors (Lipinski definition) is 1. The first-order valence-corrected chi connectivity index (χ1v) is 6.80. The van der Waals surface area contributed by atoms with Gasteiger partial charge in [0.1, 0.15) is 0 Å². The van der Waals surface area contributed by atoms with Crippen LogP contribution in [0.3, 0.4) is 0 Å². The van der Waals surface area contributed by atoms with Crippen molar-refractivity contribution in [2.75, 3.05) is 32.8 Å². The predicted octanol–water partition coefficient (Wildman–Crippen LogP) is 2.21. The van der Waals surface area contributed by atoms with E-state index in [1.54, 1.807) is 0 Å². The summed E-state index contributed by atoms with van der Waals surface area (Å²) in [5.74, 6) is 0.128. The molecule has 19 heavy (non-hydrogen) atoms. The average molecular weight is 264 g/mol. The standard InChI is InChI=1S/C15H24N2O2/c1-3-4-13(2)5-6-14(16)11-15(18)12-17-7-9-19-10-8-17/h3-4,16H,2,5-12H2,1H3. The first kappa shape index (κ1) is 15.8. The van der Waals surface area contributed by atoms with Gasteiger partial charge in [-0.1, -0.05) is 24.3 Å². The molecule has 0 unspecified atom stereocenters. The molecule has 4 heteroatoms. The SMILES string of the molecule is C=C(C=CC)CCC(=N)CC(=O)CN1CCOCC1. The predicted molar refractivity (Wildman–Crippen MR) is 77.8 cm³/mol. The van der Waals surface area contributed by atoms with Crippen molar-refractivity contribution in [1.29, 1.82) is 5.41 Å². The Bertz CT molecular complexity index is 355. The van der Waals surface area contributed by atoms with Crippen LogP contribution in [0.25, 0.3) is 0 Å². The number of ether oxygens (including phenoxy) is 1. The molecule has 0 saturated carbocycles. The van der Waals surface area contributed by atoms with Gasteiger partial charge in [0.2, 0.25) is 0 Å². The smallest absolute Gasteiger partial charge is 0.152 e. The Hall–Kier alpha value is -1.26. The highest BCUT2D eigenvalue weighted by Crippen LogP contribution is 2.07. The lowest BCUT2D eigenvalue weighted by Crippen LogP contribution is -2.39. The summed E-state index contributed by atoms with van der Waals surface area (Å²) in [6.45, 7) is 9.33. The number of carbonyl (C=O) groups excluding carboxylic acids is 1. The fraction of sp³-hybridized carbons (Fsp3) is 0.600. The van der Waals surface area contributed by atoms with Crippen LogP contribution in [-0.2, 0) is 9.53 Å². The van der Waals surface area contributed by atoms with Gasteiger partial charge < -0.3 is 10.1 Å². The maximum Gasteiger partial charge on any atom is 0.152 e. The van der Waals surface area contributed by atoms with Crippen molar-refractivity contribution in [2.24, 2.45) is 0 Å². The number of morpholine rings is 1. The summed E-state index contributed by atoms with van der Waals surface area (Å²) in [5, 5.41) is 7.83. The molecule has 0 aliphatic carbocycles. The van der Waals surface area contributed by atoms with Gasteiger partial charge in [-0.05, 0) is 19.8 Å². The summed E-state index contributed by atoms with van der Waals surface area (Å²) in [5.41, 5.74) is 1.51. The van der Waals surface area contributed by atoms with E-state index in [0.29, 0.717) is 31.9 Å². The molecule has 1 N–H and O–H groups in total. The van der Waals surface area contributed by atoms with Crippen LogP contribution in [0.2, 0.25) is 0 Å². The van der Waals surface area contributed by atoms with E-state index in [2.05, 4.69) is 11.5 Å². The molecule has 1 rings (SSSR count). The highest BCUT2D eigenvalue weighted by Gasteiger charge is 2.15. The van der Waals surface area contributed by atoms with Crippen LogP contribution in [-0.4, -0.2) is 49.2 Å². The molecule has 0 aromatic heterocycles.